The Bertz CT molecular complexity index is 466. The molecule has 4 heteroatoms. The predicted molar refractivity (Wildman–Crippen MR) is 69.0 cm³/mol. The van der Waals surface area contributed by atoms with Gasteiger partial charge in [0, 0.05) is 11.6 Å². The molecule has 4 nitrogen and oxygen atoms in total. The number of hydrogen-bond donors (Lipinski definition) is 2. The third kappa shape index (κ3) is 2.64. The maximum Gasteiger partial charge on any atom is 0.325 e. The molecule has 0 saturated heterocycles. The van der Waals surface area contributed by atoms with Crippen LogP contribution in [0.15, 0.2) is 12.1 Å². The summed E-state index contributed by atoms with van der Waals surface area (Å²) in [6.07, 6.45) is 2.11. The molecule has 0 spiro atoms. The highest BCUT2D eigenvalue weighted by Gasteiger charge is 2.31. The smallest absolute Gasteiger partial charge is 0.325 e. The number of methoxy groups -OCH3 is 1. The summed E-state index contributed by atoms with van der Waals surface area (Å²) in [4.78, 5) is 11.4. The average Bonchev–Trinajstić information content (AvgIpc) is 3.12. The minimum absolute atomic E-state index is 0.331. The first-order valence-corrected chi connectivity index (χ1v) is 6.17. The zero-order valence-corrected chi connectivity index (χ0v) is 11.0. The SMILES string of the molecule is COc1cc(C)c(C)cc1C(NC1CC1)C(=O)O. The number of hydrogen-bond acceptors (Lipinski definition) is 3. The van der Waals surface area contributed by atoms with Crippen molar-refractivity contribution < 1.29 is 14.6 Å². The second-order valence-electron chi connectivity index (χ2n) is 4.89. The molecule has 1 aromatic carbocycles. The van der Waals surface area contributed by atoms with Crippen LogP contribution in [0.3, 0.4) is 0 Å². The van der Waals surface area contributed by atoms with Crippen molar-refractivity contribution in [2.75, 3.05) is 7.11 Å². The van der Waals surface area contributed by atoms with Crippen molar-refractivity contribution in [1.82, 2.24) is 5.32 Å². The molecule has 1 aliphatic rings. The minimum atomic E-state index is -0.858. The molecule has 0 aliphatic heterocycles. The third-order valence-corrected chi connectivity index (χ3v) is 3.38. The highest BCUT2D eigenvalue weighted by atomic mass is 16.5. The van der Waals surface area contributed by atoms with Crippen LogP contribution in [0.25, 0.3) is 0 Å². The second kappa shape index (κ2) is 4.98. The first kappa shape index (κ1) is 12.9. The van der Waals surface area contributed by atoms with E-state index >= 15 is 0 Å². The van der Waals surface area contributed by atoms with E-state index in [0.717, 1.165) is 24.0 Å². The van der Waals surface area contributed by atoms with Gasteiger partial charge in [-0.3, -0.25) is 10.1 Å². The van der Waals surface area contributed by atoms with Gasteiger partial charge < -0.3 is 9.84 Å². The predicted octanol–water partition coefficient (Wildman–Crippen LogP) is 2.19. The van der Waals surface area contributed by atoms with E-state index in [1.165, 1.54) is 0 Å². The van der Waals surface area contributed by atoms with E-state index < -0.39 is 12.0 Å². The zero-order valence-electron chi connectivity index (χ0n) is 11.0. The Morgan fingerprint density at radius 1 is 1.39 bits per heavy atom. The minimum Gasteiger partial charge on any atom is -0.496 e. The maximum atomic E-state index is 11.4. The Morgan fingerprint density at radius 3 is 2.50 bits per heavy atom. The van der Waals surface area contributed by atoms with Gasteiger partial charge in [0.05, 0.1) is 7.11 Å². The van der Waals surface area contributed by atoms with Crippen LogP contribution in [0, 0.1) is 13.8 Å². The molecule has 18 heavy (non-hydrogen) atoms. The lowest BCUT2D eigenvalue weighted by atomic mass is 9.99. The van der Waals surface area contributed by atoms with E-state index in [1.807, 2.05) is 26.0 Å². The van der Waals surface area contributed by atoms with E-state index in [1.54, 1.807) is 7.11 Å². The monoisotopic (exact) mass is 249 g/mol. The topological polar surface area (TPSA) is 58.6 Å². The van der Waals surface area contributed by atoms with Gasteiger partial charge in [-0.15, -0.1) is 0 Å². The summed E-state index contributed by atoms with van der Waals surface area (Å²) in [7, 11) is 1.57. The van der Waals surface area contributed by atoms with E-state index in [2.05, 4.69) is 5.32 Å². The number of ether oxygens (including phenoxy) is 1. The van der Waals surface area contributed by atoms with Crippen LogP contribution in [0.5, 0.6) is 5.75 Å². The lowest BCUT2D eigenvalue weighted by molar-refractivity contribution is -0.139. The van der Waals surface area contributed by atoms with Gasteiger partial charge in [-0.1, -0.05) is 0 Å². The standard InChI is InChI=1S/C14H19NO3/c1-8-6-11(12(18-3)7-9(8)2)13(14(16)17)15-10-4-5-10/h6-7,10,13,15H,4-5H2,1-3H3,(H,16,17). The van der Waals surface area contributed by atoms with Gasteiger partial charge in [0.1, 0.15) is 11.8 Å². The number of carbonyl (C=O) groups is 1. The molecular weight excluding hydrogens is 230 g/mol. The lowest BCUT2D eigenvalue weighted by Crippen LogP contribution is -2.30. The van der Waals surface area contributed by atoms with E-state index in [9.17, 15) is 9.90 Å². The van der Waals surface area contributed by atoms with E-state index in [-0.39, 0.29) is 0 Å². The quantitative estimate of drug-likeness (QED) is 0.839. The summed E-state index contributed by atoms with van der Waals surface area (Å²) in [6.45, 7) is 3.97. The summed E-state index contributed by atoms with van der Waals surface area (Å²) in [6, 6.07) is 3.45. The number of nitrogens with one attached hydrogen (secondary N) is 1. The first-order chi connectivity index (χ1) is 8.52. The van der Waals surface area contributed by atoms with Gasteiger partial charge >= 0.3 is 5.97 Å². The van der Waals surface area contributed by atoms with Crippen LogP contribution in [0.2, 0.25) is 0 Å². The molecule has 0 amide bonds. The van der Waals surface area contributed by atoms with Crippen molar-refractivity contribution in [2.24, 2.45) is 0 Å². The third-order valence-electron chi connectivity index (χ3n) is 3.38. The molecular formula is C14H19NO3. The van der Waals surface area contributed by atoms with Crippen LogP contribution >= 0.6 is 0 Å². The molecule has 0 aromatic heterocycles. The Labute approximate surface area is 107 Å². The number of aryl methyl sites for hydroxylation is 2. The molecule has 1 saturated carbocycles. The van der Waals surface area contributed by atoms with Crippen molar-refractivity contribution >= 4 is 5.97 Å². The van der Waals surface area contributed by atoms with Crippen LogP contribution in [-0.2, 0) is 4.79 Å². The first-order valence-electron chi connectivity index (χ1n) is 6.17. The molecule has 1 aliphatic carbocycles. The van der Waals surface area contributed by atoms with E-state index in [0.29, 0.717) is 17.4 Å². The number of aliphatic carboxylic acids is 1. The molecule has 0 radical (unpaired) electrons. The van der Waals surface area contributed by atoms with Crippen molar-refractivity contribution in [3.05, 3.63) is 28.8 Å². The van der Waals surface area contributed by atoms with Gasteiger partial charge in [0.25, 0.3) is 0 Å². The number of benzene rings is 1. The van der Waals surface area contributed by atoms with Crippen molar-refractivity contribution in [3.63, 3.8) is 0 Å². The summed E-state index contributed by atoms with van der Waals surface area (Å²) < 4.78 is 5.31. The normalized spacial score (nSPS) is 16.4. The van der Waals surface area contributed by atoms with Gasteiger partial charge in [-0.2, -0.15) is 0 Å². The molecule has 98 valence electrons. The highest BCUT2D eigenvalue weighted by Crippen LogP contribution is 2.31. The zero-order chi connectivity index (χ0) is 13.3. The number of rotatable bonds is 5. The molecule has 0 heterocycles. The summed E-state index contributed by atoms with van der Waals surface area (Å²) in [5.74, 6) is -0.220. The molecule has 1 unspecified atom stereocenters. The average molecular weight is 249 g/mol. The Hall–Kier alpha value is -1.55. The highest BCUT2D eigenvalue weighted by molar-refractivity contribution is 5.77. The summed E-state index contributed by atoms with van der Waals surface area (Å²) >= 11 is 0. The summed E-state index contributed by atoms with van der Waals surface area (Å²) in [5, 5.41) is 12.5. The fraction of sp³-hybridized carbons (Fsp3) is 0.500. The fourth-order valence-corrected chi connectivity index (χ4v) is 1.99. The molecule has 2 N–H and O–H groups in total. The van der Waals surface area contributed by atoms with Crippen molar-refractivity contribution in [2.45, 2.75) is 38.8 Å². The Balaban J connectivity index is 2.38. The maximum absolute atomic E-state index is 11.4. The van der Waals surface area contributed by atoms with Crippen molar-refractivity contribution in [1.29, 1.82) is 0 Å². The largest absolute Gasteiger partial charge is 0.496 e. The molecule has 1 aromatic rings. The van der Waals surface area contributed by atoms with Crippen LogP contribution in [-0.4, -0.2) is 24.2 Å². The second-order valence-corrected chi connectivity index (χ2v) is 4.89. The van der Waals surface area contributed by atoms with Gasteiger partial charge in [-0.25, -0.2) is 0 Å². The van der Waals surface area contributed by atoms with Gasteiger partial charge in [-0.05, 0) is 49.9 Å². The molecule has 0 bridgehead atoms. The number of carboxylic acids is 1. The molecule has 1 atom stereocenters. The van der Waals surface area contributed by atoms with Gasteiger partial charge in [0.2, 0.25) is 0 Å². The fourth-order valence-electron chi connectivity index (χ4n) is 1.99. The Morgan fingerprint density at radius 2 is 2.00 bits per heavy atom. The van der Waals surface area contributed by atoms with E-state index in [4.69, 9.17) is 4.74 Å². The van der Waals surface area contributed by atoms with Crippen molar-refractivity contribution in [3.8, 4) is 5.75 Å². The summed E-state index contributed by atoms with van der Waals surface area (Å²) in [5.41, 5.74) is 2.89. The van der Waals surface area contributed by atoms with Crippen LogP contribution < -0.4 is 10.1 Å². The molecule has 1 fully saturated rings. The van der Waals surface area contributed by atoms with Gasteiger partial charge in [0.15, 0.2) is 0 Å². The van der Waals surface area contributed by atoms with Crippen LogP contribution in [0.4, 0.5) is 0 Å². The Kier molecular flexibility index (Phi) is 3.57. The lowest BCUT2D eigenvalue weighted by Gasteiger charge is -2.19. The molecule has 2 rings (SSSR count). The number of carboxylic acid groups (broad SMARTS) is 1. The van der Waals surface area contributed by atoms with Crippen LogP contribution in [0.1, 0.15) is 35.6 Å².